The third-order valence-electron chi connectivity index (χ3n) is 1.37. The summed E-state index contributed by atoms with van der Waals surface area (Å²) in [6, 6.07) is 8.02. The van der Waals surface area contributed by atoms with Gasteiger partial charge in [0.25, 0.3) is 0 Å². The number of hydrogen-bond donors (Lipinski definition) is 1. The van der Waals surface area contributed by atoms with Crippen molar-refractivity contribution in [3.63, 3.8) is 0 Å². The lowest BCUT2D eigenvalue weighted by atomic mass is 10.1. The first-order chi connectivity index (χ1) is 4.86. The highest BCUT2D eigenvalue weighted by Crippen LogP contribution is 2.06. The molecule has 0 aliphatic rings. The van der Waals surface area contributed by atoms with Crippen molar-refractivity contribution in [1.82, 2.24) is 6.15 Å². The molecule has 11 heavy (non-hydrogen) atoms. The van der Waals surface area contributed by atoms with Gasteiger partial charge in [-0.2, -0.15) is 0 Å². The van der Waals surface area contributed by atoms with Crippen LogP contribution in [0.1, 0.15) is 11.1 Å². The fourth-order valence-corrected chi connectivity index (χ4v) is 0.921. The lowest BCUT2D eigenvalue weighted by Gasteiger charge is -1.94. The summed E-state index contributed by atoms with van der Waals surface area (Å²) >= 11 is 5.60. The van der Waals surface area contributed by atoms with E-state index in [0.717, 1.165) is 11.1 Å². The second-order valence-corrected chi connectivity index (χ2v) is 2.35. The van der Waals surface area contributed by atoms with E-state index in [2.05, 4.69) is 6.58 Å². The molecule has 60 valence electrons. The number of rotatable bonds is 2. The van der Waals surface area contributed by atoms with Crippen LogP contribution in [0.5, 0.6) is 0 Å². The van der Waals surface area contributed by atoms with Crippen LogP contribution < -0.4 is 6.15 Å². The van der Waals surface area contributed by atoms with Crippen molar-refractivity contribution in [2.45, 2.75) is 5.88 Å². The van der Waals surface area contributed by atoms with Gasteiger partial charge in [0.15, 0.2) is 0 Å². The zero-order chi connectivity index (χ0) is 7.40. The lowest BCUT2D eigenvalue weighted by Crippen LogP contribution is -1.76. The van der Waals surface area contributed by atoms with E-state index in [4.69, 9.17) is 11.6 Å². The van der Waals surface area contributed by atoms with Crippen LogP contribution >= 0.6 is 11.6 Å². The zero-order valence-electron chi connectivity index (χ0n) is 6.39. The largest absolute Gasteiger partial charge is 0.344 e. The minimum atomic E-state index is 0. The Morgan fingerprint density at radius 2 is 1.82 bits per heavy atom. The van der Waals surface area contributed by atoms with Crippen LogP contribution in [-0.4, -0.2) is 0 Å². The van der Waals surface area contributed by atoms with Gasteiger partial charge >= 0.3 is 0 Å². The molecule has 1 rings (SSSR count). The average Bonchev–Trinajstić information content (AvgIpc) is 2.05. The van der Waals surface area contributed by atoms with Crippen molar-refractivity contribution < 1.29 is 0 Å². The SMILES string of the molecule is C=Cc1ccc(CCl)cc1.N. The van der Waals surface area contributed by atoms with Gasteiger partial charge in [0.1, 0.15) is 0 Å². The Morgan fingerprint density at radius 3 is 2.18 bits per heavy atom. The first-order valence-corrected chi connectivity index (χ1v) is 3.67. The molecule has 0 unspecified atom stereocenters. The molecule has 0 aliphatic carbocycles. The molecule has 3 N–H and O–H groups in total. The molecule has 0 atom stereocenters. The Hall–Kier alpha value is -0.790. The molecule has 1 aromatic carbocycles. The summed E-state index contributed by atoms with van der Waals surface area (Å²) in [7, 11) is 0. The Morgan fingerprint density at radius 1 is 1.27 bits per heavy atom. The standard InChI is InChI=1S/C9H9Cl.H3N/c1-2-8-3-5-9(7-10)6-4-8;/h2-6H,1,7H2;1H3. The summed E-state index contributed by atoms with van der Waals surface area (Å²) in [4.78, 5) is 0. The second-order valence-electron chi connectivity index (χ2n) is 2.08. The summed E-state index contributed by atoms with van der Waals surface area (Å²) in [5.74, 6) is 0.581. The Kier molecular flexibility index (Phi) is 4.59. The molecule has 0 heterocycles. The third kappa shape index (κ3) is 2.74. The number of alkyl halides is 1. The monoisotopic (exact) mass is 169 g/mol. The summed E-state index contributed by atoms with van der Waals surface area (Å²) in [6.07, 6.45) is 1.82. The zero-order valence-corrected chi connectivity index (χ0v) is 7.14. The highest BCUT2D eigenvalue weighted by Gasteiger charge is 1.87. The molecule has 0 radical (unpaired) electrons. The molecule has 0 aliphatic heterocycles. The van der Waals surface area contributed by atoms with Crippen LogP contribution in [0.3, 0.4) is 0 Å². The lowest BCUT2D eigenvalue weighted by molar-refractivity contribution is 1.40. The molecule has 0 bridgehead atoms. The second kappa shape index (κ2) is 4.94. The highest BCUT2D eigenvalue weighted by molar-refractivity contribution is 6.17. The van der Waals surface area contributed by atoms with E-state index in [1.54, 1.807) is 0 Å². The maximum atomic E-state index is 5.60. The topological polar surface area (TPSA) is 35.0 Å². The van der Waals surface area contributed by atoms with Gasteiger partial charge in [0, 0.05) is 5.88 Å². The van der Waals surface area contributed by atoms with Gasteiger partial charge in [-0.05, 0) is 11.1 Å². The minimum absolute atomic E-state index is 0. The molecular formula is C9H12ClN. The summed E-state index contributed by atoms with van der Waals surface area (Å²) < 4.78 is 0. The normalized spacial score (nSPS) is 8.45. The minimum Gasteiger partial charge on any atom is -0.344 e. The van der Waals surface area contributed by atoms with E-state index < -0.39 is 0 Å². The Balaban J connectivity index is 0.000001000. The average molecular weight is 170 g/mol. The molecule has 1 nitrogen and oxygen atoms in total. The van der Waals surface area contributed by atoms with Crippen molar-refractivity contribution in [3.8, 4) is 0 Å². The predicted molar refractivity (Wildman–Crippen MR) is 51.1 cm³/mol. The predicted octanol–water partition coefficient (Wildman–Crippen LogP) is 3.23. The molecule has 0 amide bonds. The van der Waals surface area contributed by atoms with Crippen molar-refractivity contribution in [2.75, 3.05) is 0 Å². The first kappa shape index (κ1) is 10.2. The number of halogens is 1. The van der Waals surface area contributed by atoms with Gasteiger partial charge in [0.05, 0.1) is 0 Å². The fraction of sp³-hybridized carbons (Fsp3) is 0.111. The van der Waals surface area contributed by atoms with Crippen LogP contribution in [0.4, 0.5) is 0 Å². The molecule has 1 aromatic rings. The molecule has 0 fully saturated rings. The van der Waals surface area contributed by atoms with Gasteiger partial charge in [-0.1, -0.05) is 36.9 Å². The maximum absolute atomic E-state index is 5.60. The number of benzene rings is 1. The van der Waals surface area contributed by atoms with E-state index in [1.165, 1.54) is 0 Å². The van der Waals surface area contributed by atoms with Gasteiger partial charge < -0.3 is 6.15 Å². The van der Waals surface area contributed by atoms with Crippen LogP contribution in [0.15, 0.2) is 30.8 Å². The summed E-state index contributed by atoms with van der Waals surface area (Å²) in [5, 5.41) is 0. The summed E-state index contributed by atoms with van der Waals surface area (Å²) in [5.41, 5.74) is 2.28. The third-order valence-corrected chi connectivity index (χ3v) is 1.68. The van der Waals surface area contributed by atoms with Crippen LogP contribution in [0.25, 0.3) is 6.08 Å². The quantitative estimate of drug-likeness (QED) is 0.678. The van der Waals surface area contributed by atoms with Gasteiger partial charge in [-0.3, -0.25) is 0 Å². The molecule has 0 aromatic heterocycles. The molecule has 0 spiro atoms. The van der Waals surface area contributed by atoms with Crippen molar-refractivity contribution in [3.05, 3.63) is 42.0 Å². The maximum Gasteiger partial charge on any atom is 0.0474 e. The smallest absolute Gasteiger partial charge is 0.0474 e. The Labute approximate surface area is 72.3 Å². The van der Waals surface area contributed by atoms with E-state index in [0.29, 0.717) is 5.88 Å². The van der Waals surface area contributed by atoms with Gasteiger partial charge in [0.2, 0.25) is 0 Å². The van der Waals surface area contributed by atoms with Crippen LogP contribution in [-0.2, 0) is 5.88 Å². The van der Waals surface area contributed by atoms with Crippen LogP contribution in [0.2, 0.25) is 0 Å². The molecule has 0 saturated carbocycles. The Bertz CT molecular complexity index is 216. The highest BCUT2D eigenvalue weighted by atomic mass is 35.5. The van der Waals surface area contributed by atoms with Crippen molar-refractivity contribution in [2.24, 2.45) is 0 Å². The van der Waals surface area contributed by atoms with Gasteiger partial charge in [-0.15, -0.1) is 11.6 Å². The van der Waals surface area contributed by atoms with Crippen molar-refractivity contribution in [1.29, 1.82) is 0 Å². The first-order valence-electron chi connectivity index (χ1n) is 3.14. The van der Waals surface area contributed by atoms with Crippen LogP contribution in [0, 0.1) is 0 Å². The summed E-state index contributed by atoms with van der Waals surface area (Å²) in [6.45, 7) is 3.65. The molecular weight excluding hydrogens is 158 g/mol. The van der Waals surface area contributed by atoms with E-state index in [-0.39, 0.29) is 6.15 Å². The van der Waals surface area contributed by atoms with Gasteiger partial charge in [-0.25, -0.2) is 0 Å². The van der Waals surface area contributed by atoms with Crippen molar-refractivity contribution >= 4 is 17.7 Å². The molecule has 2 heteroatoms. The fourth-order valence-electron chi connectivity index (χ4n) is 0.743. The van der Waals surface area contributed by atoms with E-state index in [9.17, 15) is 0 Å². The molecule has 0 saturated heterocycles. The van der Waals surface area contributed by atoms with E-state index >= 15 is 0 Å². The number of hydrogen-bond acceptors (Lipinski definition) is 1. The van der Waals surface area contributed by atoms with E-state index in [1.807, 2.05) is 30.3 Å².